The molecule has 254 valence electrons. The Hall–Kier alpha value is -5.23. The van der Waals surface area contributed by atoms with Gasteiger partial charge in [0.15, 0.2) is 23.1 Å². The lowest BCUT2D eigenvalue weighted by Gasteiger charge is -2.31. The second-order valence-electron chi connectivity index (χ2n) is 11.0. The number of hydrogen-bond acceptors (Lipinski definition) is 9. The first-order valence-corrected chi connectivity index (χ1v) is 16.2. The van der Waals surface area contributed by atoms with Crippen molar-refractivity contribution >= 4 is 33.4 Å². The zero-order chi connectivity index (χ0) is 34.8. The summed E-state index contributed by atoms with van der Waals surface area (Å²) >= 11 is 3.65. The number of azide groups is 1. The van der Waals surface area contributed by atoms with Gasteiger partial charge in [-0.05, 0) is 59.1 Å². The molecular weight excluding hydrogens is 694 g/mol. The molecule has 0 aliphatic carbocycles. The van der Waals surface area contributed by atoms with Gasteiger partial charge in [-0.1, -0.05) is 63.5 Å². The van der Waals surface area contributed by atoms with E-state index in [1.807, 2.05) is 24.3 Å². The summed E-state index contributed by atoms with van der Waals surface area (Å²) in [7, 11) is 4.57. The summed E-state index contributed by atoms with van der Waals surface area (Å²) in [6.07, 6.45) is -0.347. The van der Waals surface area contributed by atoms with E-state index in [0.717, 1.165) is 10.0 Å². The molecule has 1 aliphatic heterocycles. The first-order chi connectivity index (χ1) is 23.9. The van der Waals surface area contributed by atoms with Crippen molar-refractivity contribution in [1.29, 1.82) is 0 Å². The Balaban J connectivity index is 1.61. The number of nitrogens with zero attached hydrogens (tertiary/aromatic N) is 4. The van der Waals surface area contributed by atoms with Gasteiger partial charge in [0, 0.05) is 52.2 Å². The number of carbonyl (C=O) groups is 1. The summed E-state index contributed by atoms with van der Waals surface area (Å²) in [6.45, 7) is 0.498. The van der Waals surface area contributed by atoms with Crippen LogP contribution in [0.3, 0.4) is 0 Å². The van der Waals surface area contributed by atoms with Crippen molar-refractivity contribution in [3.63, 3.8) is 0 Å². The van der Waals surface area contributed by atoms with Crippen LogP contribution in [-0.4, -0.2) is 57.0 Å². The van der Waals surface area contributed by atoms with E-state index in [0.29, 0.717) is 58.4 Å². The van der Waals surface area contributed by atoms with Crippen molar-refractivity contribution in [2.24, 2.45) is 10.1 Å². The maximum absolute atomic E-state index is 14.8. The fourth-order valence-electron chi connectivity index (χ4n) is 5.61. The third kappa shape index (κ3) is 7.75. The number of amides is 1. The van der Waals surface area contributed by atoms with E-state index in [1.54, 1.807) is 60.7 Å². The van der Waals surface area contributed by atoms with Gasteiger partial charge < -0.3 is 34.1 Å². The molecule has 1 heterocycles. The average Bonchev–Trinajstić information content (AvgIpc) is 3.51. The highest BCUT2D eigenvalue weighted by Crippen LogP contribution is 2.46. The molecule has 2 atom stereocenters. The first-order valence-electron chi connectivity index (χ1n) is 15.4. The number of nitrogens with one attached hydrogen (secondary N) is 1. The molecule has 4 aromatic rings. The van der Waals surface area contributed by atoms with Gasteiger partial charge in [-0.25, -0.2) is 4.99 Å². The highest BCUT2D eigenvalue weighted by atomic mass is 79.9. The molecule has 2 N–H and O–H groups in total. The largest absolute Gasteiger partial charge is 0.494 e. The summed E-state index contributed by atoms with van der Waals surface area (Å²) < 4.78 is 29.6. The minimum atomic E-state index is -1.56. The maximum atomic E-state index is 14.8. The third-order valence-corrected chi connectivity index (χ3v) is 8.77. The van der Waals surface area contributed by atoms with E-state index in [-0.39, 0.29) is 25.5 Å². The van der Waals surface area contributed by atoms with E-state index in [2.05, 4.69) is 31.3 Å². The van der Waals surface area contributed by atoms with Crippen molar-refractivity contribution in [1.82, 2.24) is 5.32 Å². The predicted octanol–water partition coefficient (Wildman–Crippen LogP) is 6.99. The fourth-order valence-corrected chi connectivity index (χ4v) is 6.04. The molecule has 49 heavy (non-hydrogen) atoms. The molecule has 0 fully saturated rings. The number of rotatable bonds is 15. The lowest BCUT2D eigenvalue weighted by Crippen LogP contribution is -2.49. The highest BCUT2D eigenvalue weighted by molar-refractivity contribution is 9.10. The number of hydrogen-bond donors (Lipinski definition) is 2. The Morgan fingerprint density at radius 1 is 1.02 bits per heavy atom. The van der Waals surface area contributed by atoms with Crippen LogP contribution in [-0.2, 0) is 22.5 Å². The molecule has 0 bridgehead atoms. The topological polar surface area (TPSA) is 157 Å². The number of aliphatic imine (C=N–C) groups is 1. The van der Waals surface area contributed by atoms with Crippen LogP contribution < -0.4 is 24.3 Å². The minimum absolute atomic E-state index is 0.0304. The van der Waals surface area contributed by atoms with E-state index in [9.17, 15) is 10.3 Å². The second kappa shape index (κ2) is 16.2. The fraction of sp³-hybridized carbons (Fsp3) is 0.278. The van der Waals surface area contributed by atoms with Crippen LogP contribution in [0, 0.1) is 0 Å². The van der Waals surface area contributed by atoms with Crippen LogP contribution in [0.4, 0.5) is 5.69 Å². The molecule has 0 saturated heterocycles. The van der Waals surface area contributed by atoms with Crippen molar-refractivity contribution < 1.29 is 33.6 Å². The Kier molecular flexibility index (Phi) is 11.6. The summed E-state index contributed by atoms with van der Waals surface area (Å²) in [5.41, 5.74) is 10.8. The van der Waals surface area contributed by atoms with E-state index in [1.165, 1.54) is 21.3 Å². The summed E-state index contributed by atoms with van der Waals surface area (Å²) in [4.78, 5) is 22.9. The standard InChI is InChI=1S/C36H36BrN5O7/c1-45-30-19-23(20-31(46-2)32(30)47-3)22-39-35(44)36(21-25-9-4-6-11-28(25)37)33(27-10-5-7-12-29(27)41-42-38)49-34(40-36)24-13-15-26(16-14-24)48-18-8-17-43/h4-7,9-16,19-20,33,43H,8,17-18,21-22H2,1-3H3,(H,39,44)/t33-,36-/m1/s1. The Bertz CT molecular complexity index is 1840. The zero-order valence-electron chi connectivity index (χ0n) is 27.3. The molecular formula is C36H36BrN5O7. The summed E-state index contributed by atoms with van der Waals surface area (Å²) in [6, 6.07) is 25.3. The molecule has 5 rings (SSSR count). The van der Waals surface area contributed by atoms with Crippen LogP contribution in [0.25, 0.3) is 10.4 Å². The number of aliphatic hydroxyl groups excluding tert-OH is 1. The molecule has 0 spiro atoms. The van der Waals surface area contributed by atoms with Gasteiger partial charge in [0.2, 0.25) is 11.6 Å². The van der Waals surface area contributed by atoms with Gasteiger partial charge in [-0.3, -0.25) is 4.79 Å². The normalized spacial score (nSPS) is 16.5. The third-order valence-electron chi connectivity index (χ3n) is 8.00. The molecule has 1 aliphatic rings. The van der Waals surface area contributed by atoms with Gasteiger partial charge in [0.1, 0.15) is 5.75 Å². The average molecular weight is 731 g/mol. The summed E-state index contributed by atoms with van der Waals surface area (Å²) in [5, 5.41) is 16.1. The van der Waals surface area contributed by atoms with Crippen LogP contribution in [0.2, 0.25) is 0 Å². The molecule has 13 heteroatoms. The lowest BCUT2D eigenvalue weighted by atomic mass is 9.81. The van der Waals surface area contributed by atoms with Gasteiger partial charge in [-0.2, -0.15) is 0 Å². The van der Waals surface area contributed by atoms with Crippen LogP contribution >= 0.6 is 15.9 Å². The van der Waals surface area contributed by atoms with Crippen LogP contribution in [0.5, 0.6) is 23.0 Å². The van der Waals surface area contributed by atoms with Crippen molar-refractivity contribution in [2.45, 2.75) is 31.0 Å². The molecule has 1 amide bonds. The van der Waals surface area contributed by atoms with Gasteiger partial charge in [0.25, 0.3) is 5.91 Å². The number of methoxy groups -OCH3 is 3. The number of aliphatic hydroxyl groups is 1. The first kappa shape index (κ1) is 35.1. The highest BCUT2D eigenvalue weighted by Gasteiger charge is 2.54. The molecule has 0 radical (unpaired) electrons. The SMILES string of the molecule is COc1cc(CNC(=O)[C@]2(Cc3ccccc3Br)N=C(c3ccc(OCCCO)cc3)O[C@@H]2c2ccccc2N=[N+]=[N-])cc(OC)c1OC. The number of benzene rings is 4. The van der Waals surface area contributed by atoms with Crippen LogP contribution in [0.15, 0.2) is 99.5 Å². The molecule has 4 aromatic carbocycles. The molecule has 0 aromatic heterocycles. The zero-order valence-corrected chi connectivity index (χ0v) is 28.8. The summed E-state index contributed by atoms with van der Waals surface area (Å²) in [5.74, 6) is 1.76. The minimum Gasteiger partial charge on any atom is -0.494 e. The Morgan fingerprint density at radius 3 is 2.37 bits per heavy atom. The van der Waals surface area contributed by atoms with Crippen LogP contribution in [0.1, 0.15) is 34.8 Å². The quantitative estimate of drug-likeness (QED) is 0.0578. The van der Waals surface area contributed by atoms with Crippen molar-refractivity contribution in [3.8, 4) is 23.0 Å². The van der Waals surface area contributed by atoms with Gasteiger partial charge >= 0.3 is 0 Å². The second-order valence-corrected chi connectivity index (χ2v) is 11.9. The smallest absolute Gasteiger partial charge is 0.252 e. The van der Waals surface area contributed by atoms with E-state index < -0.39 is 17.6 Å². The molecule has 0 unspecified atom stereocenters. The van der Waals surface area contributed by atoms with Gasteiger partial charge in [0.05, 0.1) is 27.9 Å². The number of carbonyl (C=O) groups excluding carboxylic acids is 1. The van der Waals surface area contributed by atoms with Gasteiger partial charge in [-0.15, -0.1) is 0 Å². The molecule has 0 saturated carbocycles. The predicted molar refractivity (Wildman–Crippen MR) is 188 cm³/mol. The van der Waals surface area contributed by atoms with E-state index >= 15 is 0 Å². The Labute approximate surface area is 292 Å². The van der Waals surface area contributed by atoms with Crippen molar-refractivity contribution in [3.05, 3.63) is 122 Å². The number of ether oxygens (including phenoxy) is 5. The lowest BCUT2D eigenvalue weighted by molar-refractivity contribution is -0.129. The Morgan fingerprint density at radius 2 is 1.71 bits per heavy atom. The number of halogens is 1. The maximum Gasteiger partial charge on any atom is 0.252 e. The molecule has 12 nitrogen and oxygen atoms in total. The monoisotopic (exact) mass is 729 g/mol. The van der Waals surface area contributed by atoms with E-state index in [4.69, 9.17) is 33.8 Å². The van der Waals surface area contributed by atoms with Crippen molar-refractivity contribution in [2.75, 3.05) is 34.5 Å².